The number of rotatable bonds is 4. The lowest BCUT2D eigenvalue weighted by Gasteiger charge is -2.11. The van der Waals surface area contributed by atoms with E-state index in [-0.39, 0.29) is 10.9 Å². The van der Waals surface area contributed by atoms with Crippen molar-refractivity contribution in [2.45, 2.75) is 13.8 Å². The molecule has 1 aromatic carbocycles. The van der Waals surface area contributed by atoms with Gasteiger partial charge in [-0.05, 0) is 38.1 Å². The van der Waals surface area contributed by atoms with Crippen LogP contribution in [0.25, 0.3) is 0 Å². The zero-order chi connectivity index (χ0) is 15.6. The Morgan fingerprint density at radius 3 is 2.57 bits per heavy atom. The van der Waals surface area contributed by atoms with E-state index in [9.17, 15) is 4.79 Å². The molecule has 0 unspecified atom stereocenters. The van der Waals surface area contributed by atoms with Crippen molar-refractivity contribution < 1.29 is 13.9 Å². The highest BCUT2D eigenvalue weighted by Crippen LogP contribution is 2.26. The highest BCUT2D eigenvalue weighted by molar-refractivity contribution is 7.80. The number of amides is 1. The number of nitrogens with two attached hydrogens (primary N) is 1. The van der Waals surface area contributed by atoms with E-state index in [0.29, 0.717) is 34.1 Å². The number of anilines is 1. The van der Waals surface area contributed by atoms with Gasteiger partial charge < -0.3 is 20.2 Å². The molecule has 110 valence electrons. The van der Waals surface area contributed by atoms with E-state index in [1.54, 1.807) is 38.1 Å². The van der Waals surface area contributed by atoms with Crippen LogP contribution in [0.5, 0.6) is 5.75 Å². The SMILES string of the molecule is COc1cc(C(N)=S)ccc1NC(=O)c1cc(C)oc1C. The summed E-state index contributed by atoms with van der Waals surface area (Å²) in [5.41, 5.74) is 7.29. The largest absolute Gasteiger partial charge is 0.495 e. The van der Waals surface area contributed by atoms with Crippen molar-refractivity contribution in [2.24, 2.45) is 5.73 Å². The molecule has 2 rings (SSSR count). The topological polar surface area (TPSA) is 77.5 Å². The Morgan fingerprint density at radius 1 is 1.33 bits per heavy atom. The Morgan fingerprint density at radius 2 is 2.05 bits per heavy atom. The highest BCUT2D eigenvalue weighted by atomic mass is 32.1. The van der Waals surface area contributed by atoms with E-state index in [1.807, 2.05) is 0 Å². The van der Waals surface area contributed by atoms with Crippen LogP contribution in [0.1, 0.15) is 27.4 Å². The van der Waals surface area contributed by atoms with E-state index < -0.39 is 0 Å². The number of carbonyl (C=O) groups is 1. The molecule has 2 aromatic rings. The summed E-state index contributed by atoms with van der Waals surface area (Å²) in [6.45, 7) is 3.54. The zero-order valence-electron chi connectivity index (χ0n) is 12.0. The number of methoxy groups -OCH3 is 1. The Balaban J connectivity index is 2.29. The fourth-order valence-electron chi connectivity index (χ4n) is 1.99. The van der Waals surface area contributed by atoms with E-state index >= 15 is 0 Å². The van der Waals surface area contributed by atoms with Crippen LogP contribution in [-0.2, 0) is 0 Å². The molecule has 1 amide bonds. The summed E-state index contributed by atoms with van der Waals surface area (Å²) in [6.07, 6.45) is 0. The van der Waals surface area contributed by atoms with Crippen molar-refractivity contribution in [3.63, 3.8) is 0 Å². The van der Waals surface area contributed by atoms with Crippen molar-refractivity contribution in [3.8, 4) is 5.75 Å². The Hall–Kier alpha value is -2.34. The van der Waals surface area contributed by atoms with Crippen molar-refractivity contribution in [3.05, 3.63) is 46.9 Å². The van der Waals surface area contributed by atoms with E-state index in [2.05, 4.69) is 5.32 Å². The number of benzene rings is 1. The van der Waals surface area contributed by atoms with Crippen LogP contribution >= 0.6 is 12.2 Å². The number of hydrogen-bond acceptors (Lipinski definition) is 4. The third kappa shape index (κ3) is 3.22. The molecular formula is C15H16N2O3S. The predicted molar refractivity (Wildman–Crippen MR) is 85.0 cm³/mol. The molecular weight excluding hydrogens is 288 g/mol. The number of carbonyl (C=O) groups excluding carboxylic acids is 1. The van der Waals surface area contributed by atoms with Gasteiger partial charge in [0, 0.05) is 5.56 Å². The van der Waals surface area contributed by atoms with Crippen molar-refractivity contribution in [1.29, 1.82) is 0 Å². The quantitative estimate of drug-likeness (QED) is 0.849. The van der Waals surface area contributed by atoms with Gasteiger partial charge >= 0.3 is 0 Å². The molecule has 1 heterocycles. The third-order valence-electron chi connectivity index (χ3n) is 3.02. The van der Waals surface area contributed by atoms with Gasteiger partial charge in [-0.25, -0.2) is 0 Å². The number of thiocarbonyl (C=S) groups is 1. The normalized spacial score (nSPS) is 10.2. The number of hydrogen-bond donors (Lipinski definition) is 2. The fourth-order valence-corrected chi connectivity index (χ4v) is 2.12. The first-order valence-electron chi connectivity index (χ1n) is 6.28. The third-order valence-corrected chi connectivity index (χ3v) is 3.26. The summed E-state index contributed by atoms with van der Waals surface area (Å²) in [6, 6.07) is 6.81. The molecule has 3 N–H and O–H groups in total. The van der Waals surface area contributed by atoms with Gasteiger partial charge in [0.1, 0.15) is 22.3 Å². The second-order valence-corrected chi connectivity index (χ2v) is 5.00. The molecule has 0 aliphatic heterocycles. The van der Waals surface area contributed by atoms with Crippen molar-refractivity contribution in [2.75, 3.05) is 12.4 Å². The number of nitrogens with one attached hydrogen (secondary N) is 1. The minimum absolute atomic E-state index is 0.259. The van der Waals surface area contributed by atoms with E-state index in [4.69, 9.17) is 27.1 Å². The molecule has 0 aliphatic rings. The van der Waals surface area contributed by atoms with Crippen LogP contribution in [0.15, 0.2) is 28.7 Å². The lowest BCUT2D eigenvalue weighted by molar-refractivity contribution is 0.102. The van der Waals surface area contributed by atoms with Crippen molar-refractivity contribution >= 4 is 28.8 Å². The maximum absolute atomic E-state index is 12.3. The number of aryl methyl sites for hydroxylation is 2. The van der Waals surface area contributed by atoms with Gasteiger partial charge in [0.2, 0.25) is 0 Å². The Bertz CT molecular complexity index is 707. The standard InChI is InChI=1S/C15H16N2O3S/c1-8-6-11(9(2)20-8)15(18)17-12-5-4-10(14(16)21)7-13(12)19-3/h4-7H,1-3H3,(H2,16,21)(H,17,18). The second kappa shape index (κ2) is 5.97. The molecule has 0 spiro atoms. The van der Waals surface area contributed by atoms with E-state index in [0.717, 1.165) is 0 Å². The first-order valence-corrected chi connectivity index (χ1v) is 6.69. The second-order valence-electron chi connectivity index (χ2n) is 4.56. The lowest BCUT2D eigenvalue weighted by Crippen LogP contribution is -2.14. The maximum Gasteiger partial charge on any atom is 0.259 e. The molecule has 0 saturated carbocycles. The maximum atomic E-state index is 12.3. The van der Waals surface area contributed by atoms with Gasteiger partial charge in [0.25, 0.3) is 5.91 Å². The minimum atomic E-state index is -0.259. The van der Waals surface area contributed by atoms with Crippen LogP contribution in [0.3, 0.4) is 0 Å². The van der Waals surface area contributed by atoms with Crippen LogP contribution < -0.4 is 15.8 Å². The minimum Gasteiger partial charge on any atom is -0.495 e. The van der Waals surface area contributed by atoms with Crippen LogP contribution in [0.2, 0.25) is 0 Å². The molecule has 0 aliphatic carbocycles. The predicted octanol–water partition coefficient (Wildman–Crippen LogP) is 2.79. The highest BCUT2D eigenvalue weighted by Gasteiger charge is 2.15. The fraction of sp³-hybridized carbons (Fsp3) is 0.200. The molecule has 0 fully saturated rings. The molecule has 21 heavy (non-hydrogen) atoms. The van der Waals surface area contributed by atoms with Crippen LogP contribution in [-0.4, -0.2) is 18.0 Å². The summed E-state index contributed by atoms with van der Waals surface area (Å²) in [4.78, 5) is 12.5. The number of furan rings is 1. The summed E-state index contributed by atoms with van der Waals surface area (Å²) in [5.74, 6) is 1.49. The van der Waals surface area contributed by atoms with Gasteiger partial charge in [0.15, 0.2) is 0 Å². The average Bonchev–Trinajstić information content (AvgIpc) is 2.78. The Labute approximate surface area is 128 Å². The van der Waals surface area contributed by atoms with Gasteiger partial charge in [-0.15, -0.1) is 0 Å². The molecule has 5 nitrogen and oxygen atoms in total. The summed E-state index contributed by atoms with van der Waals surface area (Å²) < 4.78 is 10.6. The summed E-state index contributed by atoms with van der Waals surface area (Å²) in [5, 5.41) is 2.79. The summed E-state index contributed by atoms with van der Waals surface area (Å²) >= 11 is 4.92. The zero-order valence-corrected chi connectivity index (χ0v) is 12.8. The van der Waals surface area contributed by atoms with Gasteiger partial charge in [-0.2, -0.15) is 0 Å². The molecule has 0 bridgehead atoms. The first-order chi connectivity index (χ1) is 9.92. The van der Waals surface area contributed by atoms with Gasteiger partial charge in [-0.3, -0.25) is 4.79 Å². The molecule has 1 aromatic heterocycles. The molecule has 0 radical (unpaired) electrons. The molecule has 0 atom stereocenters. The number of ether oxygens (including phenoxy) is 1. The summed E-state index contributed by atoms with van der Waals surface area (Å²) in [7, 11) is 1.52. The first kappa shape index (κ1) is 15.1. The Kier molecular flexibility index (Phi) is 4.28. The monoisotopic (exact) mass is 304 g/mol. The van der Waals surface area contributed by atoms with Gasteiger partial charge in [0.05, 0.1) is 18.4 Å². The van der Waals surface area contributed by atoms with E-state index in [1.165, 1.54) is 7.11 Å². The molecule has 6 heteroatoms. The van der Waals surface area contributed by atoms with Crippen molar-refractivity contribution in [1.82, 2.24) is 0 Å². The van der Waals surface area contributed by atoms with Gasteiger partial charge in [-0.1, -0.05) is 12.2 Å². The molecule has 0 saturated heterocycles. The van der Waals surface area contributed by atoms with Crippen LogP contribution in [0.4, 0.5) is 5.69 Å². The average molecular weight is 304 g/mol. The van der Waals surface area contributed by atoms with Crippen LogP contribution in [0, 0.1) is 13.8 Å². The smallest absolute Gasteiger partial charge is 0.259 e. The lowest BCUT2D eigenvalue weighted by atomic mass is 10.1.